The van der Waals surface area contributed by atoms with E-state index in [2.05, 4.69) is 5.32 Å². The first-order valence-electron chi connectivity index (χ1n) is 5.95. The van der Waals surface area contributed by atoms with Crippen molar-refractivity contribution in [3.8, 4) is 0 Å². The second-order valence-electron chi connectivity index (χ2n) is 5.07. The third kappa shape index (κ3) is 3.43. The second kappa shape index (κ2) is 5.47. The minimum absolute atomic E-state index is 0.0995. The Labute approximate surface area is 98.4 Å². The van der Waals surface area contributed by atoms with Crippen LogP contribution in [0.5, 0.6) is 0 Å². The van der Waals surface area contributed by atoms with Crippen molar-refractivity contribution in [3.63, 3.8) is 0 Å². The number of sulfone groups is 1. The van der Waals surface area contributed by atoms with E-state index >= 15 is 0 Å². The van der Waals surface area contributed by atoms with E-state index in [-0.39, 0.29) is 23.0 Å². The fourth-order valence-electron chi connectivity index (χ4n) is 2.04. The van der Waals surface area contributed by atoms with E-state index in [9.17, 15) is 13.5 Å². The molecule has 1 rings (SSSR count). The Balaban J connectivity index is 2.58. The molecule has 5 heteroatoms. The molecule has 1 saturated heterocycles. The molecule has 1 aliphatic rings. The third-order valence-corrected chi connectivity index (χ3v) is 5.84. The molecule has 0 saturated carbocycles. The van der Waals surface area contributed by atoms with Crippen LogP contribution in [0.15, 0.2) is 0 Å². The van der Waals surface area contributed by atoms with Gasteiger partial charge in [-0.2, -0.15) is 0 Å². The van der Waals surface area contributed by atoms with Crippen molar-refractivity contribution in [1.29, 1.82) is 0 Å². The van der Waals surface area contributed by atoms with Gasteiger partial charge in [0, 0.05) is 6.61 Å². The third-order valence-electron chi connectivity index (χ3n) is 3.63. The van der Waals surface area contributed by atoms with Gasteiger partial charge in [0.15, 0.2) is 9.84 Å². The molecule has 0 aromatic heterocycles. The summed E-state index contributed by atoms with van der Waals surface area (Å²) in [6.45, 7) is 5.28. The first-order chi connectivity index (χ1) is 7.42. The summed E-state index contributed by atoms with van der Waals surface area (Å²) in [7, 11) is -2.98. The van der Waals surface area contributed by atoms with Gasteiger partial charge in [0.2, 0.25) is 0 Å². The van der Waals surface area contributed by atoms with E-state index in [1.165, 1.54) is 0 Å². The predicted molar refractivity (Wildman–Crippen MR) is 65.2 cm³/mol. The summed E-state index contributed by atoms with van der Waals surface area (Å²) in [4.78, 5) is 0. The maximum atomic E-state index is 11.7. The maximum absolute atomic E-state index is 11.7. The highest BCUT2D eigenvalue weighted by Gasteiger charge is 2.33. The molecule has 0 unspecified atom stereocenters. The van der Waals surface area contributed by atoms with Gasteiger partial charge in [-0.25, -0.2) is 8.42 Å². The fourth-order valence-corrected chi connectivity index (χ4v) is 3.23. The van der Waals surface area contributed by atoms with Crippen molar-refractivity contribution in [1.82, 2.24) is 5.32 Å². The molecule has 0 aromatic rings. The van der Waals surface area contributed by atoms with E-state index in [4.69, 9.17) is 0 Å². The summed E-state index contributed by atoms with van der Waals surface area (Å²) in [5.74, 6) is 0.200. The average Bonchev–Trinajstić information content (AvgIpc) is 2.28. The molecule has 0 aromatic carbocycles. The first kappa shape index (κ1) is 13.9. The lowest BCUT2D eigenvalue weighted by Gasteiger charge is -2.36. The van der Waals surface area contributed by atoms with Crippen molar-refractivity contribution >= 4 is 9.84 Å². The predicted octanol–water partition coefficient (Wildman–Crippen LogP) is 0.562. The zero-order valence-corrected chi connectivity index (χ0v) is 11.0. The van der Waals surface area contributed by atoms with E-state index in [1.54, 1.807) is 13.8 Å². The zero-order valence-electron chi connectivity index (χ0n) is 10.2. The normalized spacial score (nSPS) is 21.2. The van der Waals surface area contributed by atoms with Gasteiger partial charge in [-0.05, 0) is 51.6 Å². The van der Waals surface area contributed by atoms with Crippen molar-refractivity contribution in [2.45, 2.75) is 38.4 Å². The molecule has 0 aliphatic carbocycles. The van der Waals surface area contributed by atoms with Gasteiger partial charge < -0.3 is 10.4 Å². The van der Waals surface area contributed by atoms with Crippen molar-refractivity contribution < 1.29 is 13.5 Å². The van der Waals surface area contributed by atoms with Gasteiger partial charge in [-0.1, -0.05) is 0 Å². The molecule has 1 fully saturated rings. The van der Waals surface area contributed by atoms with E-state index in [1.807, 2.05) is 0 Å². The van der Waals surface area contributed by atoms with Crippen LogP contribution in [-0.2, 0) is 9.84 Å². The number of aliphatic hydroxyl groups excluding tert-OH is 1. The van der Waals surface area contributed by atoms with Gasteiger partial charge in [0.1, 0.15) is 0 Å². The number of nitrogens with one attached hydrogen (secondary N) is 1. The van der Waals surface area contributed by atoms with Crippen LogP contribution in [-0.4, -0.2) is 44.2 Å². The van der Waals surface area contributed by atoms with E-state index < -0.39 is 9.84 Å². The minimum atomic E-state index is -2.98. The van der Waals surface area contributed by atoms with Crippen LogP contribution in [0, 0.1) is 5.41 Å². The van der Waals surface area contributed by atoms with Gasteiger partial charge >= 0.3 is 0 Å². The molecule has 4 nitrogen and oxygen atoms in total. The molecular weight excluding hydrogens is 226 g/mol. The molecule has 16 heavy (non-hydrogen) atoms. The van der Waals surface area contributed by atoms with Crippen LogP contribution < -0.4 is 5.32 Å². The molecule has 2 N–H and O–H groups in total. The topological polar surface area (TPSA) is 66.4 Å². The van der Waals surface area contributed by atoms with Gasteiger partial charge in [0.05, 0.1) is 11.0 Å². The average molecular weight is 249 g/mol. The van der Waals surface area contributed by atoms with Crippen LogP contribution in [0.2, 0.25) is 0 Å². The molecule has 0 amide bonds. The summed E-state index contributed by atoms with van der Waals surface area (Å²) in [5.41, 5.74) is -0.173. The van der Waals surface area contributed by atoms with Crippen LogP contribution >= 0.6 is 0 Å². The maximum Gasteiger partial charge on any atom is 0.152 e. The second-order valence-corrected chi connectivity index (χ2v) is 7.75. The first-order valence-corrected chi connectivity index (χ1v) is 7.67. The molecule has 1 aliphatic heterocycles. The fraction of sp³-hybridized carbons (Fsp3) is 1.00. The number of piperidine rings is 1. The Morgan fingerprint density at radius 1 is 1.31 bits per heavy atom. The molecule has 0 atom stereocenters. The van der Waals surface area contributed by atoms with Gasteiger partial charge in [-0.15, -0.1) is 0 Å². The number of aliphatic hydroxyl groups is 1. The van der Waals surface area contributed by atoms with Crippen molar-refractivity contribution in [2.75, 3.05) is 25.4 Å². The highest BCUT2D eigenvalue weighted by atomic mass is 32.2. The largest absolute Gasteiger partial charge is 0.396 e. The molecule has 0 spiro atoms. The molecule has 1 heterocycles. The Bertz CT molecular complexity index is 305. The number of rotatable bonds is 5. The number of hydrogen-bond acceptors (Lipinski definition) is 4. The van der Waals surface area contributed by atoms with Crippen LogP contribution in [0.3, 0.4) is 0 Å². The quantitative estimate of drug-likeness (QED) is 0.747. The van der Waals surface area contributed by atoms with E-state index in [0.717, 1.165) is 25.9 Å². The van der Waals surface area contributed by atoms with E-state index in [0.29, 0.717) is 6.42 Å². The summed E-state index contributed by atoms with van der Waals surface area (Å²) in [6.07, 6.45) is 2.33. The van der Waals surface area contributed by atoms with Crippen molar-refractivity contribution in [2.24, 2.45) is 5.41 Å². The lowest BCUT2D eigenvalue weighted by Crippen LogP contribution is -2.40. The monoisotopic (exact) mass is 249 g/mol. The Kier molecular flexibility index (Phi) is 4.76. The van der Waals surface area contributed by atoms with Gasteiger partial charge in [-0.3, -0.25) is 0 Å². The highest BCUT2D eigenvalue weighted by Crippen LogP contribution is 2.32. The summed E-state index contributed by atoms with van der Waals surface area (Å²) < 4.78 is 23.5. The number of hydrogen-bond donors (Lipinski definition) is 2. The lowest BCUT2D eigenvalue weighted by atomic mass is 9.77. The zero-order chi connectivity index (χ0) is 12.2. The SMILES string of the molecule is CC(C)S(=O)(=O)CCC1(CO)CCNCC1. The van der Waals surface area contributed by atoms with Crippen LogP contribution in [0.4, 0.5) is 0 Å². The standard InChI is InChI=1S/C11H23NO3S/c1-10(2)16(14,15)8-5-11(9-13)3-6-12-7-4-11/h10,12-13H,3-9H2,1-2H3. The van der Waals surface area contributed by atoms with Crippen molar-refractivity contribution in [3.05, 3.63) is 0 Å². The Morgan fingerprint density at radius 3 is 2.31 bits per heavy atom. The lowest BCUT2D eigenvalue weighted by molar-refractivity contribution is 0.0860. The molecular formula is C11H23NO3S. The van der Waals surface area contributed by atoms with Crippen LogP contribution in [0.25, 0.3) is 0 Å². The molecule has 96 valence electrons. The summed E-state index contributed by atoms with van der Waals surface area (Å²) in [6, 6.07) is 0. The molecule has 0 radical (unpaired) electrons. The smallest absolute Gasteiger partial charge is 0.152 e. The Morgan fingerprint density at radius 2 is 1.88 bits per heavy atom. The Hall–Kier alpha value is -0.130. The van der Waals surface area contributed by atoms with Crippen LogP contribution in [0.1, 0.15) is 33.1 Å². The summed E-state index contributed by atoms with van der Waals surface area (Å²) >= 11 is 0. The molecule has 0 bridgehead atoms. The van der Waals surface area contributed by atoms with Gasteiger partial charge in [0.25, 0.3) is 0 Å². The highest BCUT2D eigenvalue weighted by molar-refractivity contribution is 7.91. The summed E-state index contributed by atoms with van der Waals surface area (Å²) in [5, 5.41) is 12.4. The minimum Gasteiger partial charge on any atom is -0.396 e.